The molecule has 0 amide bonds. The van der Waals surface area contributed by atoms with Gasteiger partial charge < -0.3 is 10.8 Å². The molecule has 0 aromatic rings. The largest absolute Gasteiger partial charge is 0.390 e. The van der Waals surface area contributed by atoms with Crippen molar-refractivity contribution >= 4 is 0 Å². The van der Waals surface area contributed by atoms with Gasteiger partial charge in [-0.3, -0.25) is 4.90 Å². The zero-order chi connectivity index (χ0) is 9.68. The van der Waals surface area contributed by atoms with Crippen molar-refractivity contribution in [2.45, 2.75) is 44.8 Å². The summed E-state index contributed by atoms with van der Waals surface area (Å²) >= 11 is 0. The number of likely N-dealkylation sites (tertiary alicyclic amines) is 1. The highest BCUT2D eigenvalue weighted by atomic mass is 16.3. The predicted molar refractivity (Wildman–Crippen MR) is 54.6 cm³/mol. The Kier molecular flexibility index (Phi) is 4.70. The second-order valence-electron chi connectivity index (χ2n) is 3.94. The minimum atomic E-state index is -0.341. The zero-order valence-corrected chi connectivity index (χ0v) is 8.58. The van der Waals surface area contributed by atoms with Gasteiger partial charge in [-0.1, -0.05) is 13.3 Å². The first-order chi connectivity index (χ1) is 6.27. The standard InChI is InChI=1S/C10H22N2O/c1-2-9-5-3-4-6-12(9)8-10(13)7-11/h9-10,13H,2-8,11H2,1H3. The molecule has 1 saturated heterocycles. The van der Waals surface area contributed by atoms with Crippen LogP contribution in [0.3, 0.4) is 0 Å². The lowest BCUT2D eigenvalue weighted by atomic mass is 9.99. The van der Waals surface area contributed by atoms with Gasteiger partial charge in [0.25, 0.3) is 0 Å². The van der Waals surface area contributed by atoms with E-state index in [0.717, 1.165) is 13.1 Å². The lowest BCUT2D eigenvalue weighted by Gasteiger charge is -2.36. The van der Waals surface area contributed by atoms with Crippen molar-refractivity contribution in [2.75, 3.05) is 19.6 Å². The molecule has 0 radical (unpaired) electrons. The van der Waals surface area contributed by atoms with E-state index >= 15 is 0 Å². The summed E-state index contributed by atoms with van der Waals surface area (Å²) in [6.07, 6.45) is 4.75. The Morgan fingerprint density at radius 2 is 2.31 bits per heavy atom. The quantitative estimate of drug-likeness (QED) is 0.675. The first kappa shape index (κ1) is 11.0. The molecule has 13 heavy (non-hydrogen) atoms. The van der Waals surface area contributed by atoms with Crippen molar-refractivity contribution in [3.63, 3.8) is 0 Å². The van der Waals surface area contributed by atoms with E-state index in [9.17, 15) is 5.11 Å². The van der Waals surface area contributed by atoms with Crippen LogP contribution < -0.4 is 5.73 Å². The van der Waals surface area contributed by atoms with Gasteiger partial charge in [-0.25, -0.2) is 0 Å². The fraction of sp³-hybridized carbons (Fsp3) is 1.00. The molecular weight excluding hydrogens is 164 g/mol. The molecule has 0 aliphatic carbocycles. The van der Waals surface area contributed by atoms with Gasteiger partial charge in [-0.2, -0.15) is 0 Å². The number of nitrogens with zero attached hydrogens (tertiary/aromatic N) is 1. The Morgan fingerprint density at radius 1 is 1.54 bits per heavy atom. The van der Waals surface area contributed by atoms with Gasteiger partial charge in [0, 0.05) is 19.1 Å². The molecule has 0 aromatic heterocycles. The van der Waals surface area contributed by atoms with E-state index in [0.29, 0.717) is 12.6 Å². The maximum absolute atomic E-state index is 9.46. The summed E-state index contributed by atoms with van der Waals surface area (Å²) in [5, 5.41) is 9.46. The van der Waals surface area contributed by atoms with E-state index in [4.69, 9.17) is 5.73 Å². The Bertz CT molecular complexity index is 141. The first-order valence-electron chi connectivity index (χ1n) is 5.40. The summed E-state index contributed by atoms with van der Waals surface area (Å²) < 4.78 is 0. The number of β-amino-alcohol motifs (C(OH)–C–C–N with tert-alkyl or cyclic N) is 1. The van der Waals surface area contributed by atoms with Crippen LogP contribution >= 0.6 is 0 Å². The van der Waals surface area contributed by atoms with E-state index in [2.05, 4.69) is 11.8 Å². The number of hydrogen-bond acceptors (Lipinski definition) is 3. The molecule has 1 heterocycles. The van der Waals surface area contributed by atoms with E-state index in [1.54, 1.807) is 0 Å². The topological polar surface area (TPSA) is 49.5 Å². The van der Waals surface area contributed by atoms with Crippen LogP contribution in [0.25, 0.3) is 0 Å². The van der Waals surface area contributed by atoms with Crippen molar-refractivity contribution in [3.05, 3.63) is 0 Å². The van der Waals surface area contributed by atoms with E-state index in [1.807, 2.05) is 0 Å². The molecule has 0 aromatic carbocycles. The van der Waals surface area contributed by atoms with E-state index in [1.165, 1.54) is 25.7 Å². The van der Waals surface area contributed by atoms with Crippen molar-refractivity contribution in [3.8, 4) is 0 Å². The van der Waals surface area contributed by atoms with Crippen molar-refractivity contribution < 1.29 is 5.11 Å². The molecule has 1 rings (SSSR count). The maximum atomic E-state index is 9.46. The molecular formula is C10H22N2O. The molecule has 3 N–H and O–H groups in total. The van der Waals surface area contributed by atoms with Crippen molar-refractivity contribution in [1.82, 2.24) is 4.90 Å². The minimum absolute atomic E-state index is 0.341. The average molecular weight is 186 g/mol. The van der Waals surface area contributed by atoms with Crippen LogP contribution in [0.5, 0.6) is 0 Å². The van der Waals surface area contributed by atoms with Crippen LogP contribution in [-0.4, -0.2) is 41.8 Å². The second kappa shape index (κ2) is 5.58. The van der Waals surface area contributed by atoms with Crippen LogP contribution in [0.1, 0.15) is 32.6 Å². The second-order valence-corrected chi connectivity index (χ2v) is 3.94. The van der Waals surface area contributed by atoms with E-state index < -0.39 is 0 Å². The van der Waals surface area contributed by atoms with Crippen molar-refractivity contribution in [1.29, 1.82) is 0 Å². The van der Waals surface area contributed by atoms with Crippen LogP contribution in [0.15, 0.2) is 0 Å². The molecule has 1 fully saturated rings. The number of hydrogen-bond donors (Lipinski definition) is 2. The Balaban J connectivity index is 2.35. The highest BCUT2D eigenvalue weighted by Gasteiger charge is 2.21. The molecule has 0 spiro atoms. The Morgan fingerprint density at radius 3 is 2.92 bits per heavy atom. The summed E-state index contributed by atoms with van der Waals surface area (Å²) in [7, 11) is 0. The Hall–Kier alpha value is -0.120. The van der Waals surface area contributed by atoms with Gasteiger partial charge in [0.05, 0.1) is 6.10 Å². The third-order valence-electron chi connectivity index (χ3n) is 2.94. The molecule has 1 aliphatic rings. The van der Waals surface area contributed by atoms with Gasteiger partial charge in [0.15, 0.2) is 0 Å². The van der Waals surface area contributed by atoms with E-state index in [-0.39, 0.29) is 6.10 Å². The highest BCUT2D eigenvalue weighted by Crippen LogP contribution is 2.19. The Labute approximate surface area is 80.9 Å². The smallest absolute Gasteiger partial charge is 0.0789 e. The number of rotatable bonds is 4. The summed E-state index contributed by atoms with van der Waals surface area (Å²) in [6, 6.07) is 0.676. The third-order valence-corrected chi connectivity index (χ3v) is 2.94. The predicted octanol–water partition coefficient (Wildman–Crippen LogP) is 0.571. The summed E-state index contributed by atoms with van der Waals surface area (Å²) in [4.78, 5) is 2.39. The number of aliphatic hydroxyl groups is 1. The first-order valence-corrected chi connectivity index (χ1v) is 5.40. The van der Waals surface area contributed by atoms with Crippen LogP contribution in [0, 0.1) is 0 Å². The maximum Gasteiger partial charge on any atom is 0.0789 e. The number of piperidine rings is 1. The summed E-state index contributed by atoms with van der Waals surface area (Å²) in [5.41, 5.74) is 5.40. The van der Waals surface area contributed by atoms with Gasteiger partial charge in [-0.05, 0) is 25.8 Å². The minimum Gasteiger partial charge on any atom is -0.390 e. The van der Waals surface area contributed by atoms with Crippen molar-refractivity contribution in [2.24, 2.45) is 5.73 Å². The van der Waals surface area contributed by atoms with Gasteiger partial charge in [0.2, 0.25) is 0 Å². The molecule has 78 valence electrons. The molecule has 1 aliphatic heterocycles. The number of nitrogens with two attached hydrogens (primary N) is 1. The van der Waals surface area contributed by atoms with Gasteiger partial charge in [-0.15, -0.1) is 0 Å². The van der Waals surface area contributed by atoms with Gasteiger partial charge >= 0.3 is 0 Å². The van der Waals surface area contributed by atoms with Crippen LogP contribution in [0.4, 0.5) is 0 Å². The molecule has 3 heteroatoms. The molecule has 2 atom stereocenters. The summed E-state index contributed by atoms with van der Waals surface area (Å²) in [6.45, 7) is 4.50. The summed E-state index contributed by atoms with van der Waals surface area (Å²) in [5.74, 6) is 0. The number of aliphatic hydroxyl groups excluding tert-OH is 1. The molecule has 2 unspecified atom stereocenters. The fourth-order valence-corrected chi connectivity index (χ4v) is 2.11. The SMILES string of the molecule is CCC1CCCCN1CC(O)CN. The zero-order valence-electron chi connectivity index (χ0n) is 8.58. The molecule has 3 nitrogen and oxygen atoms in total. The molecule has 0 bridgehead atoms. The van der Waals surface area contributed by atoms with Crippen LogP contribution in [-0.2, 0) is 0 Å². The lowest BCUT2D eigenvalue weighted by molar-refractivity contribution is 0.0701. The van der Waals surface area contributed by atoms with Crippen LogP contribution in [0.2, 0.25) is 0 Å². The lowest BCUT2D eigenvalue weighted by Crippen LogP contribution is -2.45. The highest BCUT2D eigenvalue weighted by molar-refractivity contribution is 4.77. The molecule has 0 saturated carbocycles. The van der Waals surface area contributed by atoms with Gasteiger partial charge in [0.1, 0.15) is 0 Å². The normalized spacial score (nSPS) is 27.5. The average Bonchev–Trinajstić information content (AvgIpc) is 2.18. The fourth-order valence-electron chi connectivity index (χ4n) is 2.11. The third kappa shape index (κ3) is 3.25. The monoisotopic (exact) mass is 186 g/mol.